The smallest absolute Gasteiger partial charge is 0.271 e. The molecule has 0 radical (unpaired) electrons. The topological polar surface area (TPSA) is 93.3 Å². The molecule has 0 aromatic carbocycles. The minimum Gasteiger partial charge on any atom is -0.340 e. The molecule has 1 unspecified atom stereocenters. The molecule has 4 heterocycles. The molecule has 0 N–H and O–H groups in total. The number of hydrogen-bond acceptors (Lipinski definition) is 5. The summed E-state index contributed by atoms with van der Waals surface area (Å²) in [5, 5.41) is 8.75. The van der Waals surface area contributed by atoms with Crippen molar-refractivity contribution in [1.29, 1.82) is 0 Å². The first-order valence-corrected chi connectivity index (χ1v) is 11.2. The standard InChI is InChI=1S/C18H26N6O3S/c1-3-22-13-15(11-19-22)28(26,27)23-8-4-6-14(12-23)16-10-17-18(25)21(2)7-5-9-24(17)20-16/h10-11,13-14H,3-9,12H2,1-2H3. The summed E-state index contributed by atoms with van der Waals surface area (Å²) in [5.41, 5.74) is 1.40. The molecule has 4 rings (SSSR count). The van der Waals surface area contributed by atoms with Gasteiger partial charge in [-0.1, -0.05) is 0 Å². The average Bonchev–Trinajstić information content (AvgIpc) is 3.32. The molecule has 1 saturated heterocycles. The molecule has 1 atom stereocenters. The highest BCUT2D eigenvalue weighted by Crippen LogP contribution is 2.30. The van der Waals surface area contributed by atoms with Crippen LogP contribution < -0.4 is 0 Å². The van der Waals surface area contributed by atoms with Crippen LogP contribution in [0.1, 0.15) is 48.3 Å². The van der Waals surface area contributed by atoms with E-state index in [1.54, 1.807) is 27.5 Å². The summed E-state index contributed by atoms with van der Waals surface area (Å²) in [5.74, 6) is -0.0363. The van der Waals surface area contributed by atoms with E-state index < -0.39 is 10.0 Å². The highest BCUT2D eigenvalue weighted by molar-refractivity contribution is 7.89. The summed E-state index contributed by atoms with van der Waals surface area (Å²) in [4.78, 5) is 14.5. The number of hydrogen-bond donors (Lipinski definition) is 0. The lowest BCUT2D eigenvalue weighted by atomic mass is 9.96. The summed E-state index contributed by atoms with van der Waals surface area (Å²) in [6.45, 7) is 4.84. The minimum absolute atomic E-state index is 0.0118. The third kappa shape index (κ3) is 3.35. The van der Waals surface area contributed by atoms with Gasteiger partial charge in [0.2, 0.25) is 10.0 Å². The Morgan fingerprint density at radius 3 is 2.79 bits per heavy atom. The molecule has 9 nitrogen and oxygen atoms in total. The maximum Gasteiger partial charge on any atom is 0.271 e. The Hall–Kier alpha value is -2.20. The van der Waals surface area contributed by atoms with Crippen LogP contribution in [-0.2, 0) is 23.1 Å². The second-order valence-electron chi connectivity index (χ2n) is 7.49. The third-order valence-electron chi connectivity index (χ3n) is 5.60. The largest absolute Gasteiger partial charge is 0.340 e. The third-order valence-corrected chi connectivity index (χ3v) is 7.42. The van der Waals surface area contributed by atoms with Crippen molar-refractivity contribution in [2.24, 2.45) is 0 Å². The van der Waals surface area contributed by atoms with Crippen LogP contribution in [0.3, 0.4) is 0 Å². The molecule has 10 heteroatoms. The molecular formula is C18H26N6O3S. The van der Waals surface area contributed by atoms with E-state index in [-0.39, 0.29) is 16.7 Å². The van der Waals surface area contributed by atoms with Crippen molar-refractivity contribution in [3.05, 3.63) is 29.8 Å². The van der Waals surface area contributed by atoms with Gasteiger partial charge in [-0.3, -0.25) is 14.2 Å². The molecule has 2 aliphatic rings. The van der Waals surface area contributed by atoms with Gasteiger partial charge in [0.1, 0.15) is 10.6 Å². The van der Waals surface area contributed by atoms with Gasteiger partial charge in [-0.2, -0.15) is 14.5 Å². The fourth-order valence-electron chi connectivity index (χ4n) is 3.94. The van der Waals surface area contributed by atoms with Gasteiger partial charge in [0, 0.05) is 51.9 Å². The van der Waals surface area contributed by atoms with Crippen LogP contribution in [0.15, 0.2) is 23.4 Å². The van der Waals surface area contributed by atoms with E-state index in [9.17, 15) is 13.2 Å². The minimum atomic E-state index is -3.58. The number of fused-ring (bicyclic) bond motifs is 1. The van der Waals surface area contributed by atoms with Crippen molar-refractivity contribution < 1.29 is 13.2 Å². The van der Waals surface area contributed by atoms with Gasteiger partial charge in [0.25, 0.3) is 5.91 Å². The van der Waals surface area contributed by atoms with Gasteiger partial charge in [-0.15, -0.1) is 0 Å². The molecule has 0 saturated carbocycles. The van der Waals surface area contributed by atoms with Crippen molar-refractivity contribution in [2.75, 3.05) is 26.7 Å². The van der Waals surface area contributed by atoms with Crippen molar-refractivity contribution >= 4 is 15.9 Å². The SMILES string of the molecule is CCn1cc(S(=O)(=O)N2CCCC(c3cc4n(n3)CCCN(C)C4=O)C2)cn1. The average molecular weight is 407 g/mol. The fraction of sp³-hybridized carbons (Fsp3) is 0.611. The second-order valence-corrected chi connectivity index (χ2v) is 9.43. The van der Waals surface area contributed by atoms with Gasteiger partial charge in [0.15, 0.2) is 0 Å². The summed E-state index contributed by atoms with van der Waals surface area (Å²) in [6.07, 6.45) is 5.48. The summed E-state index contributed by atoms with van der Waals surface area (Å²) in [7, 11) is -1.78. The van der Waals surface area contributed by atoms with Crippen LogP contribution in [-0.4, -0.2) is 69.8 Å². The van der Waals surface area contributed by atoms with E-state index in [0.29, 0.717) is 31.9 Å². The number of sulfonamides is 1. The van der Waals surface area contributed by atoms with Gasteiger partial charge in [0.05, 0.1) is 11.9 Å². The first-order valence-electron chi connectivity index (χ1n) is 9.76. The van der Waals surface area contributed by atoms with Gasteiger partial charge in [-0.05, 0) is 32.3 Å². The first-order chi connectivity index (χ1) is 13.4. The number of aryl methyl sites for hydroxylation is 2. The van der Waals surface area contributed by atoms with Crippen LogP contribution in [0.2, 0.25) is 0 Å². The highest BCUT2D eigenvalue weighted by Gasteiger charge is 2.34. The predicted molar refractivity (Wildman–Crippen MR) is 102 cm³/mol. The van der Waals surface area contributed by atoms with Crippen LogP contribution in [0.4, 0.5) is 0 Å². The second kappa shape index (κ2) is 7.32. The monoisotopic (exact) mass is 406 g/mol. The zero-order valence-electron chi connectivity index (χ0n) is 16.3. The van der Waals surface area contributed by atoms with Crippen LogP contribution in [0.25, 0.3) is 0 Å². The molecule has 28 heavy (non-hydrogen) atoms. The molecule has 1 amide bonds. The molecule has 0 bridgehead atoms. The number of rotatable bonds is 4. The maximum atomic E-state index is 13.0. The Balaban J connectivity index is 1.57. The quantitative estimate of drug-likeness (QED) is 0.759. The number of carbonyl (C=O) groups excluding carboxylic acids is 1. The normalized spacial score (nSPS) is 21.6. The van der Waals surface area contributed by atoms with Crippen molar-refractivity contribution in [2.45, 2.75) is 50.1 Å². The summed E-state index contributed by atoms with van der Waals surface area (Å²) < 4.78 is 30.9. The molecular weight excluding hydrogens is 380 g/mol. The van der Waals surface area contributed by atoms with E-state index in [1.165, 1.54) is 10.5 Å². The molecule has 152 valence electrons. The van der Waals surface area contributed by atoms with Gasteiger partial charge < -0.3 is 4.90 Å². The van der Waals surface area contributed by atoms with E-state index in [2.05, 4.69) is 10.2 Å². The number of piperidine rings is 1. The lowest BCUT2D eigenvalue weighted by Crippen LogP contribution is -2.39. The molecule has 1 fully saturated rings. The van der Waals surface area contributed by atoms with Crippen LogP contribution >= 0.6 is 0 Å². The van der Waals surface area contributed by atoms with Crippen molar-refractivity contribution in [1.82, 2.24) is 28.8 Å². The number of nitrogens with zero attached hydrogens (tertiary/aromatic N) is 6. The van der Waals surface area contributed by atoms with E-state index in [1.807, 2.05) is 13.0 Å². The lowest BCUT2D eigenvalue weighted by Gasteiger charge is -2.30. The highest BCUT2D eigenvalue weighted by atomic mass is 32.2. The predicted octanol–water partition coefficient (Wildman–Crippen LogP) is 1.14. The van der Waals surface area contributed by atoms with Crippen LogP contribution in [0.5, 0.6) is 0 Å². The Bertz CT molecular complexity index is 979. The molecule has 2 aliphatic heterocycles. The van der Waals surface area contributed by atoms with Crippen molar-refractivity contribution in [3.8, 4) is 0 Å². The molecule has 0 spiro atoms. The Morgan fingerprint density at radius 1 is 1.21 bits per heavy atom. The fourth-order valence-corrected chi connectivity index (χ4v) is 5.41. The molecule has 2 aromatic rings. The molecule has 2 aromatic heterocycles. The zero-order chi connectivity index (χ0) is 19.9. The Labute approximate surface area is 165 Å². The van der Waals surface area contributed by atoms with Gasteiger partial charge in [-0.25, -0.2) is 8.42 Å². The first kappa shape index (κ1) is 19.1. The summed E-state index contributed by atoms with van der Waals surface area (Å²) >= 11 is 0. The maximum absolute atomic E-state index is 13.0. The Morgan fingerprint density at radius 2 is 2.04 bits per heavy atom. The Kier molecular flexibility index (Phi) is 5.00. The molecule has 0 aliphatic carbocycles. The number of aromatic nitrogens is 4. The lowest BCUT2D eigenvalue weighted by molar-refractivity contribution is 0.0796. The van der Waals surface area contributed by atoms with E-state index in [0.717, 1.165) is 31.5 Å². The van der Waals surface area contributed by atoms with Crippen LogP contribution in [0, 0.1) is 0 Å². The zero-order valence-corrected chi connectivity index (χ0v) is 17.1. The van der Waals surface area contributed by atoms with E-state index >= 15 is 0 Å². The summed E-state index contributed by atoms with van der Waals surface area (Å²) in [6, 6.07) is 1.85. The number of carbonyl (C=O) groups is 1. The van der Waals surface area contributed by atoms with Crippen molar-refractivity contribution in [3.63, 3.8) is 0 Å². The van der Waals surface area contributed by atoms with Gasteiger partial charge >= 0.3 is 0 Å². The van der Waals surface area contributed by atoms with E-state index in [4.69, 9.17) is 0 Å². The number of amides is 1.